The van der Waals surface area contributed by atoms with E-state index in [1.54, 1.807) is 12.1 Å². The van der Waals surface area contributed by atoms with Gasteiger partial charge in [0.05, 0.1) is 0 Å². The summed E-state index contributed by atoms with van der Waals surface area (Å²) in [7, 11) is 0. The second-order valence-electron chi connectivity index (χ2n) is 5.11. The zero-order chi connectivity index (χ0) is 13.1. The van der Waals surface area contributed by atoms with Crippen molar-refractivity contribution in [1.82, 2.24) is 0 Å². The first-order valence-corrected chi connectivity index (χ1v) is 7.78. The van der Waals surface area contributed by atoms with Crippen molar-refractivity contribution in [3.8, 4) is 0 Å². The van der Waals surface area contributed by atoms with Gasteiger partial charge in [0.2, 0.25) is 0 Å². The Balaban J connectivity index is 2.10. The molecule has 1 nitrogen and oxygen atoms in total. The molecule has 1 aromatic rings. The number of benzene rings is 1. The molecule has 0 saturated heterocycles. The molecule has 0 bridgehead atoms. The third-order valence-electron chi connectivity index (χ3n) is 3.99. The molecule has 1 aliphatic rings. The van der Waals surface area contributed by atoms with Crippen molar-refractivity contribution in [2.45, 2.75) is 39.0 Å². The molecule has 2 rings (SSSR count). The molecule has 98 valence electrons. The van der Waals surface area contributed by atoms with Crippen molar-refractivity contribution < 1.29 is 4.79 Å². The average molecular weight is 330 g/mol. The first-order valence-electron chi connectivity index (χ1n) is 6.61. The Kier molecular flexibility index (Phi) is 4.85. The van der Waals surface area contributed by atoms with Crippen LogP contribution in [0.25, 0.3) is 0 Å². The molecular formula is C15H18BrClO. The standard InChI is InChI=1S/C15H18BrClO/c1-2-10-3-5-11(6-4-10)15(18)13-9-12(17)7-8-14(13)16/h7-11H,2-6H2,1H3. The smallest absolute Gasteiger partial charge is 0.167 e. The maximum Gasteiger partial charge on any atom is 0.167 e. The number of halogens is 2. The maximum absolute atomic E-state index is 12.5. The quantitative estimate of drug-likeness (QED) is 0.669. The first-order chi connectivity index (χ1) is 8.61. The van der Waals surface area contributed by atoms with Crippen LogP contribution in [0.3, 0.4) is 0 Å². The Morgan fingerprint density at radius 1 is 1.33 bits per heavy atom. The second kappa shape index (κ2) is 6.21. The van der Waals surface area contributed by atoms with E-state index in [1.807, 2.05) is 6.07 Å². The molecule has 1 fully saturated rings. The van der Waals surface area contributed by atoms with Gasteiger partial charge in [0.15, 0.2) is 5.78 Å². The minimum atomic E-state index is 0.183. The van der Waals surface area contributed by atoms with Gasteiger partial charge in [-0.25, -0.2) is 0 Å². The molecule has 1 aliphatic carbocycles. The van der Waals surface area contributed by atoms with Crippen molar-refractivity contribution in [3.63, 3.8) is 0 Å². The summed E-state index contributed by atoms with van der Waals surface area (Å²) >= 11 is 9.42. The molecule has 3 heteroatoms. The van der Waals surface area contributed by atoms with Gasteiger partial charge in [-0.05, 0) is 49.8 Å². The van der Waals surface area contributed by atoms with Crippen molar-refractivity contribution in [1.29, 1.82) is 0 Å². The molecule has 1 saturated carbocycles. The van der Waals surface area contributed by atoms with E-state index in [0.717, 1.165) is 28.8 Å². The number of hydrogen-bond donors (Lipinski definition) is 0. The van der Waals surface area contributed by atoms with Gasteiger partial charge in [-0.2, -0.15) is 0 Å². The highest BCUT2D eigenvalue weighted by Crippen LogP contribution is 2.34. The maximum atomic E-state index is 12.5. The Bertz CT molecular complexity index is 436. The molecule has 1 aromatic carbocycles. The lowest BCUT2D eigenvalue weighted by molar-refractivity contribution is 0.0870. The summed E-state index contributed by atoms with van der Waals surface area (Å²) < 4.78 is 0.856. The highest BCUT2D eigenvalue weighted by Gasteiger charge is 2.27. The van der Waals surface area contributed by atoms with E-state index >= 15 is 0 Å². The van der Waals surface area contributed by atoms with Crippen LogP contribution >= 0.6 is 27.5 Å². The van der Waals surface area contributed by atoms with Crippen molar-refractivity contribution >= 4 is 33.3 Å². The van der Waals surface area contributed by atoms with Crippen LogP contribution in [-0.4, -0.2) is 5.78 Å². The SMILES string of the molecule is CCC1CCC(C(=O)c2cc(Cl)ccc2Br)CC1. The van der Waals surface area contributed by atoms with Gasteiger partial charge in [0.25, 0.3) is 0 Å². The van der Waals surface area contributed by atoms with Gasteiger partial charge < -0.3 is 0 Å². The number of hydrogen-bond acceptors (Lipinski definition) is 1. The molecule has 0 heterocycles. The predicted octanol–water partition coefficient (Wildman–Crippen LogP) is 5.50. The number of rotatable bonds is 3. The minimum Gasteiger partial charge on any atom is -0.294 e. The van der Waals surface area contributed by atoms with Crippen LogP contribution in [0.1, 0.15) is 49.4 Å². The molecule has 18 heavy (non-hydrogen) atoms. The Morgan fingerprint density at radius 2 is 2.00 bits per heavy atom. The summed E-state index contributed by atoms with van der Waals surface area (Å²) in [4.78, 5) is 12.5. The van der Waals surface area contributed by atoms with E-state index in [0.29, 0.717) is 5.02 Å². The summed E-state index contributed by atoms with van der Waals surface area (Å²) in [6, 6.07) is 5.43. The largest absolute Gasteiger partial charge is 0.294 e. The summed E-state index contributed by atoms with van der Waals surface area (Å²) in [6.45, 7) is 2.24. The lowest BCUT2D eigenvalue weighted by atomic mass is 9.78. The Labute approximate surface area is 122 Å². The first kappa shape index (κ1) is 14.1. The van der Waals surface area contributed by atoms with Crippen LogP contribution in [0.15, 0.2) is 22.7 Å². The van der Waals surface area contributed by atoms with Gasteiger partial charge in [-0.15, -0.1) is 0 Å². The molecule has 0 unspecified atom stereocenters. The highest BCUT2D eigenvalue weighted by molar-refractivity contribution is 9.10. The highest BCUT2D eigenvalue weighted by atomic mass is 79.9. The van der Waals surface area contributed by atoms with Gasteiger partial charge in [0.1, 0.15) is 0 Å². The summed E-state index contributed by atoms with van der Waals surface area (Å²) in [5.74, 6) is 1.25. The number of carbonyl (C=O) groups is 1. The lowest BCUT2D eigenvalue weighted by Crippen LogP contribution is -2.22. The fourth-order valence-corrected chi connectivity index (χ4v) is 3.35. The zero-order valence-electron chi connectivity index (χ0n) is 10.6. The van der Waals surface area contributed by atoms with E-state index < -0.39 is 0 Å². The lowest BCUT2D eigenvalue weighted by Gasteiger charge is -2.27. The van der Waals surface area contributed by atoms with E-state index in [1.165, 1.54) is 19.3 Å². The predicted molar refractivity (Wildman–Crippen MR) is 79.2 cm³/mol. The molecule has 0 atom stereocenters. The zero-order valence-corrected chi connectivity index (χ0v) is 12.9. The van der Waals surface area contributed by atoms with Crippen molar-refractivity contribution in [2.75, 3.05) is 0 Å². The van der Waals surface area contributed by atoms with Gasteiger partial charge in [-0.1, -0.05) is 40.9 Å². The van der Waals surface area contributed by atoms with Crippen LogP contribution < -0.4 is 0 Å². The molecule has 0 aliphatic heterocycles. The second-order valence-corrected chi connectivity index (χ2v) is 6.41. The van der Waals surface area contributed by atoms with E-state index in [4.69, 9.17) is 11.6 Å². The van der Waals surface area contributed by atoms with Crippen LogP contribution in [0.4, 0.5) is 0 Å². The van der Waals surface area contributed by atoms with Crippen LogP contribution in [0.2, 0.25) is 5.02 Å². The van der Waals surface area contributed by atoms with E-state index in [2.05, 4.69) is 22.9 Å². The van der Waals surface area contributed by atoms with Crippen LogP contribution in [0, 0.1) is 11.8 Å². The summed E-state index contributed by atoms with van der Waals surface area (Å²) in [5, 5.41) is 0.629. The van der Waals surface area contributed by atoms with Gasteiger partial charge in [-0.3, -0.25) is 4.79 Å². The molecule has 0 spiro atoms. The normalized spacial score (nSPS) is 23.9. The Hall–Kier alpha value is -0.340. The number of carbonyl (C=O) groups excluding carboxylic acids is 1. The van der Waals surface area contributed by atoms with Crippen LogP contribution in [0.5, 0.6) is 0 Å². The van der Waals surface area contributed by atoms with Crippen LogP contribution in [-0.2, 0) is 0 Å². The van der Waals surface area contributed by atoms with Crippen molar-refractivity contribution in [3.05, 3.63) is 33.3 Å². The topological polar surface area (TPSA) is 17.1 Å². The van der Waals surface area contributed by atoms with Gasteiger partial charge in [0, 0.05) is 21.0 Å². The average Bonchev–Trinajstić information content (AvgIpc) is 2.41. The summed E-state index contributed by atoms with van der Waals surface area (Å²) in [6.07, 6.45) is 5.66. The molecule has 0 radical (unpaired) electrons. The minimum absolute atomic E-state index is 0.183. The summed E-state index contributed by atoms with van der Waals surface area (Å²) in [5.41, 5.74) is 0.738. The van der Waals surface area contributed by atoms with E-state index in [-0.39, 0.29) is 11.7 Å². The third kappa shape index (κ3) is 3.16. The molecule has 0 amide bonds. The molecular weight excluding hydrogens is 312 g/mol. The monoisotopic (exact) mass is 328 g/mol. The third-order valence-corrected chi connectivity index (χ3v) is 4.92. The number of Topliss-reactive ketones (excluding diaryl/α,β-unsaturated/α-hetero) is 1. The van der Waals surface area contributed by atoms with Crippen molar-refractivity contribution in [2.24, 2.45) is 11.8 Å². The van der Waals surface area contributed by atoms with E-state index in [9.17, 15) is 4.79 Å². The fraction of sp³-hybridized carbons (Fsp3) is 0.533. The van der Waals surface area contributed by atoms with Gasteiger partial charge >= 0.3 is 0 Å². The molecule has 0 N–H and O–H groups in total. The number of ketones is 1. The fourth-order valence-electron chi connectivity index (χ4n) is 2.74. The molecule has 0 aromatic heterocycles. The Morgan fingerprint density at radius 3 is 2.61 bits per heavy atom.